The number of aliphatic hydroxyl groups is 1. The second kappa shape index (κ2) is 7.51. The smallest absolute Gasteiger partial charge is 0.313 e. The first kappa shape index (κ1) is 16.6. The summed E-state index contributed by atoms with van der Waals surface area (Å²) in [6.07, 6.45) is 0. The Labute approximate surface area is 133 Å². The SMILES string of the molecule is Cc1c(F)cccc1NC(=O)C(=O)NCc1ccccc1CO. The molecule has 0 radical (unpaired) electrons. The van der Waals surface area contributed by atoms with Crippen molar-refractivity contribution in [3.05, 3.63) is 65.0 Å². The second-order valence-electron chi connectivity index (χ2n) is 4.98. The van der Waals surface area contributed by atoms with E-state index in [1.807, 2.05) is 0 Å². The highest BCUT2D eigenvalue weighted by molar-refractivity contribution is 6.39. The summed E-state index contributed by atoms with van der Waals surface area (Å²) in [7, 11) is 0. The molecule has 0 aromatic heterocycles. The molecule has 0 aliphatic rings. The van der Waals surface area contributed by atoms with Crippen LogP contribution in [0.4, 0.5) is 10.1 Å². The molecule has 0 aliphatic heterocycles. The molecule has 6 heteroatoms. The van der Waals surface area contributed by atoms with Crippen LogP contribution >= 0.6 is 0 Å². The molecule has 0 fully saturated rings. The van der Waals surface area contributed by atoms with Crippen LogP contribution in [0.2, 0.25) is 0 Å². The topological polar surface area (TPSA) is 78.4 Å². The van der Waals surface area contributed by atoms with Gasteiger partial charge in [0.1, 0.15) is 5.82 Å². The third kappa shape index (κ3) is 4.14. The lowest BCUT2D eigenvalue weighted by atomic mass is 10.1. The van der Waals surface area contributed by atoms with Gasteiger partial charge in [-0.25, -0.2) is 4.39 Å². The minimum Gasteiger partial charge on any atom is -0.392 e. The number of halogens is 1. The van der Waals surface area contributed by atoms with Crippen LogP contribution in [0.15, 0.2) is 42.5 Å². The standard InChI is InChI=1S/C17H17FN2O3/c1-11-14(18)7-4-8-15(11)20-17(23)16(22)19-9-12-5-2-3-6-13(12)10-21/h2-8,21H,9-10H2,1H3,(H,19,22)(H,20,23). The van der Waals surface area contributed by atoms with Crippen LogP contribution in [0.5, 0.6) is 0 Å². The molecule has 2 aromatic rings. The molecule has 0 saturated carbocycles. The van der Waals surface area contributed by atoms with E-state index in [0.717, 1.165) is 5.56 Å². The summed E-state index contributed by atoms with van der Waals surface area (Å²) in [5, 5.41) is 14.1. The van der Waals surface area contributed by atoms with Gasteiger partial charge in [-0.15, -0.1) is 0 Å². The monoisotopic (exact) mass is 316 g/mol. The quantitative estimate of drug-likeness (QED) is 0.754. The van der Waals surface area contributed by atoms with E-state index in [9.17, 15) is 19.1 Å². The number of rotatable bonds is 4. The van der Waals surface area contributed by atoms with Crippen molar-refractivity contribution in [3.63, 3.8) is 0 Å². The first-order valence-corrected chi connectivity index (χ1v) is 7.05. The molecule has 120 valence electrons. The second-order valence-corrected chi connectivity index (χ2v) is 4.98. The van der Waals surface area contributed by atoms with Crippen LogP contribution in [0, 0.1) is 12.7 Å². The summed E-state index contributed by atoms with van der Waals surface area (Å²) in [6, 6.07) is 11.3. The molecular weight excluding hydrogens is 299 g/mol. The number of carbonyl (C=O) groups is 2. The van der Waals surface area contributed by atoms with Crippen molar-refractivity contribution in [2.45, 2.75) is 20.1 Å². The van der Waals surface area contributed by atoms with Crippen LogP contribution in [-0.2, 0) is 22.7 Å². The lowest BCUT2D eigenvalue weighted by Crippen LogP contribution is -2.35. The minimum absolute atomic E-state index is 0.116. The highest BCUT2D eigenvalue weighted by Crippen LogP contribution is 2.17. The Morgan fingerprint density at radius 3 is 2.43 bits per heavy atom. The molecule has 0 heterocycles. The fourth-order valence-electron chi connectivity index (χ4n) is 2.06. The summed E-state index contributed by atoms with van der Waals surface area (Å²) < 4.78 is 13.4. The third-order valence-corrected chi connectivity index (χ3v) is 3.45. The molecule has 2 amide bonds. The fourth-order valence-corrected chi connectivity index (χ4v) is 2.06. The highest BCUT2D eigenvalue weighted by atomic mass is 19.1. The van der Waals surface area contributed by atoms with E-state index in [1.165, 1.54) is 25.1 Å². The predicted octanol–water partition coefficient (Wildman–Crippen LogP) is 1.88. The average Bonchev–Trinajstić information content (AvgIpc) is 2.57. The van der Waals surface area contributed by atoms with E-state index in [1.54, 1.807) is 24.3 Å². The van der Waals surface area contributed by atoms with Crippen molar-refractivity contribution in [2.75, 3.05) is 5.32 Å². The minimum atomic E-state index is -0.875. The molecule has 5 nitrogen and oxygen atoms in total. The van der Waals surface area contributed by atoms with Crippen molar-refractivity contribution >= 4 is 17.5 Å². The van der Waals surface area contributed by atoms with Gasteiger partial charge in [0.05, 0.1) is 6.61 Å². The zero-order valence-electron chi connectivity index (χ0n) is 12.6. The maximum atomic E-state index is 13.4. The van der Waals surface area contributed by atoms with E-state index in [2.05, 4.69) is 10.6 Å². The van der Waals surface area contributed by atoms with Crippen LogP contribution in [-0.4, -0.2) is 16.9 Å². The Bertz CT molecular complexity index is 732. The van der Waals surface area contributed by atoms with Crippen molar-refractivity contribution < 1.29 is 19.1 Å². The number of nitrogens with one attached hydrogen (secondary N) is 2. The van der Waals surface area contributed by atoms with Gasteiger partial charge in [0.25, 0.3) is 0 Å². The van der Waals surface area contributed by atoms with Gasteiger partial charge in [0.15, 0.2) is 0 Å². The van der Waals surface area contributed by atoms with E-state index in [0.29, 0.717) is 5.56 Å². The predicted molar refractivity (Wildman–Crippen MR) is 84.0 cm³/mol. The Kier molecular flexibility index (Phi) is 5.43. The number of benzene rings is 2. The molecule has 2 aromatic carbocycles. The molecule has 23 heavy (non-hydrogen) atoms. The summed E-state index contributed by atoms with van der Waals surface area (Å²) in [6.45, 7) is 1.48. The summed E-state index contributed by atoms with van der Waals surface area (Å²) in [5.74, 6) is -2.17. The lowest BCUT2D eigenvalue weighted by molar-refractivity contribution is -0.136. The summed E-state index contributed by atoms with van der Waals surface area (Å²) >= 11 is 0. The Hall–Kier alpha value is -2.73. The average molecular weight is 316 g/mol. The van der Waals surface area contributed by atoms with Crippen molar-refractivity contribution in [2.24, 2.45) is 0 Å². The molecule has 0 unspecified atom stereocenters. The van der Waals surface area contributed by atoms with Crippen LogP contribution in [0.25, 0.3) is 0 Å². The van der Waals surface area contributed by atoms with Gasteiger partial charge in [0.2, 0.25) is 0 Å². The van der Waals surface area contributed by atoms with Gasteiger partial charge in [-0.05, 0) is 30.2 Å². The van der Waals surface area contributed by atoms with Crippen molar-refractivity contribution in [3.8, 4) is 0 Å². The van der Waals surface area contributed by atoms with Gasteiger partial charge >= 0.3 is 11.8 Å². The van der Waals surface area contributed by atoms with E-state index in [-0.39, 0.29) is 24.4 Å². The maximum absolute atomic E-state index is 13.4. The fraction of sp³-hybridized carbons (Fsp3) is 0.176. The van der Waals surface area contributed by atoms with Gasteiger partial charge in [-0.2, -0.15) is 0 Å². The van der Waals surface area contributed by atoms with Crippen molar-refractivity contribution in [1.82, 2.24) is 5.32 Å². The molecule has 0 saturated heterocycles. The van der Waals surface area contributed by atoms with Gasteiger partial charge in [-0.1, -0.05) is 30.3 Å². The van der Waals surface area contributed by atoms with Crippen LogP contribution in [0.1, 0.15) is 16.7 Å². The normalized spacial score (nSPS) is 10.2. The Morgan fingerprint density at radius 2 is 1.74 bits per heavy atom. The number of amides is 2. The molecule has 0 atom stereocenters. The van der Waals surface area contributed by atoms with E-state index < -0.39 is 17.6 Å². The molecule has 3 N–H and O–H groups in total. The zero-order valence-corrected chi connectivity index (χ0v) is 12.6. The number of hydrogen-bond donors (Lipinski definition) is 3. The number of carbonyl (C=O) groups excluding carboxylic acids is 2. The molecule has 0 bridgehead atoms. The first-order chi connectivity index (χ1) is 11.0. The van der Waals surface area contributed by atoms with Gasteiger partial charge in [0, 0.05) is 17.8 Å². The molecule has 2 rings (SSSR count). The van der Waals surface area contributed by atoms with Crippen LogP contribution in [0.3, 0.4) is 0 Å². The van der Waals surface area contributed by atoms with Gasteiger partial charge < -0.3 is 15.7 Å². The largest absolute Gasteiger partial charge is 0.392 e. The van der Waals surface area contributed by atoms with Crippen LogP contribution < -0.4 is 10.6 Å². The molecular formula is C17H17FN2O3. The number of hydrogen-bond acceptors (Lipinski definition) is 3. The van der Waals surface area contributed by atoms with E-state index in [4.69, 9.17) is 0 Å². The lowest BCUT2D eigenvalue weighted by Gasteiger charge is -2.10. The Balaban J connectivity index is 1.98. The zero-order chi connectivity index (χ0) is 16.8. The first-order valence-electron chi connectivity index (χ1n) is 7.05. The maximum Gasteiger partial charge on any atom is 0.313 e. The van der Waals surface area contributed by atoms with Crippen molar-refractivity contribution in [1.29, 1.82) is 0 Å². The number of anilines is 1. The van der Waals surface area contributed by atoms with E-state index >= 15 is 0 Å². The van der Waals surface area contributed by atoms with Gasteiger partial charge in [-0.3, -0.25) is 9.59 Å². The number of aliphatic hydroxyl groups excluding tert-OH is 1. The third-order valence-electron chi connectivity index (χ3n) is 3.45. The highest BCUT2D eigenvalue weighted by Gasteiger charge is 2.15. The summed E-state index contributed by atoms with van der Waals surface area (Å²) in [5.41, 5.74) is 1.91. The molecule has 0 spiro atoms. The Morgan fingerprint density at radius 1 is 1.04 bits per heavy atom. The molecule has 0 aliphatic carbocycles. The summed E-state index contributed by atoms with van der Waals surface area (Å²) in [4.78, 5) is 23.7.